The number of imidazole rings is 1. The zero-order valence-electron chi connectivity index (χ0n) is 10.8. The van der Waals surface area contributed by atoms with Crippen LogP contribution in [0.5, 0.6) is 0 Å². The molecule has 1 saturated heterocycles. The molecule has 0 aromatic carbocycles. The van der Waals surface area contributed by atoms with Crippen molar-refractivity contribution < 1.29 is 0 Å². The van der Waals surface area contributed by atoms with E-state index in [0.717, 1.165) is 42.2 Å². The van der Waals surface area contributed by atoms with Crippen molar-refractivity contribution in [3.05, 3.63) is 18.0 Å². The van der Waals surface area contributed by atoms with Gasteiger partial charge >= 0.3 is 0 Å². The van der Waals surface area contributed by atoms with Crippen LogP contribution in [-0.2, 0) is 0 Å². The summed E-state index contributed by atoms with van der Waals surface area (Å²) in [7, 11) is 1.87. The third-order valence-corrected chi connectivity index (χ3v) is 3.63. The Bertz CT molecular complexity index is 547. The van der Waals surface area contributed by atoms with E-state index in [2.05, 4.69) is 32.5 Å². The van der Waals surface area contributed by atoms with Crippen LogP contribution >= 0.6 is 0 Å². The maximum Gasteiger partial charge on any atom is 0.179 e. The first kappa shape index (κ1) is 11.5. The van der Waals surface area contributed by atoms with Gasteiger partial charge in [-0.05, 0) is 38.4 Å². The Kier molecular flexibility index (Phi) is 2.91. The van der Waals surface area contributed by atoms with E-state index in [1.807, 2.05) is 19.2 Å². The van der Waals surface area contributed by atoms with E-state index in [-0.39, 0.29) is 0 Å². The van der Waals surface area contributed by atoms with Crippen LogP contribution in [0.15, 0.2) is 12.1 Å². The highest BCUT2D eigenvalue weighted by molar-refractivity contribution is 5.73. The van der Waals surface area contributed by atoms with Gasteiger partial charge in [0.1, 0.15) is 11.6 Å². The fourth-order valence-electron chi connectivity index (χ4n) is 2.62. The first-order valence-electron chi connectivity index (χ1n) is 6.54. The van der Waals surface area contributed by atoms with Gasteiger partial charge in [0.05, 0.1) is 5.52 Å². The number of aromatic amines is 1. The molecule has 2 aromatic heterocycles. The molecule has 18 heavy (non-hydrogen) atoms. The monoisotopic (exact) mass is 245 g/mol. The number of fused-ring (bicyclic) bond motifs is 1. The number of nitrogens with one attached hydrogen (secondary N) is 3. The van der Waals surface area contributed by atoms with E-state index < -0.39 is 0 Å². The highest BCUT2D eigenvalue weighted by atomic mass is 15.0. The van der Waals surface area contributed by atoms with Crippen LogP contribution in [0.2, 0.25) is 0 Å². The van der Waals surface area contributed by atoms with Gasteiger partial charge in [-0.1, -0.05) is 0 Å². The van der Waals surface area contributed by atoms with Crippen molar-refractivity contribution in [3.8, 4) is 0 Å². The van der Waals surface area contributed by atoms with E-state index in [1.165, 1.54) is 0 Å². The van der Waals surface area contributed by atoms with Crippen LogP contribution in [0.25, 0.3) is 11.2 Å². The van der Waals surface area contributed by atoms with Gasteiger partial charge in [-0.25, -0.2) is 9.97 Å². The standard InChI is InChI=1S/C13H19N5/c1-8-7-9(5-6-15-8)12-16-10-3-4-11(14-2)17-13(10)18-12/h3-4,8-9,15H,5-7H2,1-2H3,(H2,14,16,17,18). The van der Waals surface area contributed by atoms with Crippen LogP contribution < -0.4 is 10.6 Å². The Morgan fingerprint density at radius 1 is 1.33 bits per heavy atom. The summed E-state index contributed by atoms with van der Waals surface area (Å²) in [5, 5.41) is 6.51. The predicted molar refractivity (Wildman–Crippen MR) is 72.9 cm³/mol. The minimum Gasteiger partial charge on any atom is -0.373 e. The molecule has 5 nitrogen and oxygen atoms in total. The molecule has 0 amide bonds. The third-order valence-electron chi connectivity index (χ3n) is 3.63. The normalized spacial score (nSPS) is 24.3. The molecule has 96 valence electrons. The van der Waals surface area contributed by atoms with Gasteiger partial charge in [0.15, 0.2) is 5.65 Å². The van der Waals surface area contributed by atoms with Crippen LogP contribution in [0.1, 0.15) is 31.5 Å². The Balaban J connectivity index is 1.92. The Labute approximate surface area is 106 Å². The van der Waals surface area contributed by atoms with E-state index in [4.69, 9.17) is 0 Å². The van der Waals surface area contributed by atoms with Crippen LogP contribution in [0.4, 0.5) is 5.82 Å². The van der Waals surface area contributed by atoms with Crippen molar-refractivity contribution in [2.45, 2.75) is 31.7 Å². The number of nitrogens with zero attached hydrogens (tertiary/aromatic N) is 2. The van der Waals surface area contributed by atoms with Crippen molar-refractivity contribution in [2.24, 2.45) is 0 Å². The number of piperidine rings is 1. The van der Waals surface area contributed by atoms with Crippen LogP contribution in [0.3, 0.4) is 0 Å². The number of hydrogen-bond acceptors (Lipinski definition) is 4. The van der Waals surface area contributed by atoms with Gasteiger partial charge in [-0.2, -0.15) is 0 Å². The van der Waals surface area contributed by atoms with Gasteiger partial charge in [-0.15, -0.1) is 0 Å². The van der Waals surface area contributed by atoms with Crippen molar-refractivity contribution in [3.63, 3.8) is 0 Å². The maximum absolute atomic E-state index is 4.64. The topological polar surface area (TPSA) is 65.6 Å². The van der Waals surface area contributed by atoms with Crippen LogP contribution in [0, 0.1) is 0 Å². The van der Waals surface area contributed by atoms with Crippen molar-refractivity contribution in [1.82, 2.24) is 20.3 Å². The zero-order chi connectivity index (χ0) is 12.5. The lowest BCUT2D eigenvalue weighted by Gasteiger charge is -2.26. The Morgan fingerprint density at radius 3 is 3.00 bits per heavy atom. The molecule has 2 aromatic rings. The van der Waals surface area contributed by atoms with Gasteiger partial charge < -0.3 is 15.6 Å². The molecule has 3 heterocycles. The summed E-state index contributed by atoms with van der Waals surface area (Å²) in [5.41, 5.74) is 1.83. The molecule has 1 aliphatic rings. The number of anilines is 1. The highest BCUT2D eigenvalue weighted by Gasteiger charge is 2.22. The average molecular weight is 245 g/mol. The molecular formula is C13H19N5. The largest absolute Gasteiger partial charge is 0.373 e. The quantitative estimate of drug-likeness (QED) is 0.755. The van der Waals surface area contributed by atoms with E-state index >= 15 is 0 Å². The minimum atomic E-state index is 0.522. The van der Waals surface area contributed by atoms with Crippen LogP contribution in [-0.4, -0.2) is 34.6 Å². The number of pyridine rings is 1. The third kappa shape index (κ3) is 2.06. The summed E-state index contributed by atoms with van der Waals surface area (Å²) in [6.45, 7) is 3.30. The van der Waals surface area contributed by atoms with Gasteiger partial charge in [0.25, 0.3) is 0 Å². The van der Waals surface area contributed by atoms with Gasteiger partial charge in [0.2, 0.25) is 0 Å². The number of hydrogen-bond donors (Lipinski definition) is 3. The lowest BCUT2D eigenvalue weighted by Crippen LogP contribution is -2.35. The predicted octanol–water partition coefficient (Wildman–Crippen LogP) is 1.86. The summed E-state index contributed by atoms with van der Waals surface area (Å²) >= 11 is 0. The Morgan fingerprint density at radius 2 is 2.22 bits per heavy atom. The first-order chi connectivity index (χ1) is 8.76. The molecule has 0 aliphatic carbocycles. The molecule has 0 saturated carbocycles. The smallest absolute Gasteiger partial charge is 0.179 e. The molecule has 1 fully saturated rings. The molecule has 0 bridgehead atoms. The van der Waals surface area contributed by atoms with Crippen molar-refractivity contribution in [1.29, 1.82) is 0 Å². The van der Waals surface area contributed by atoms with Crippen molar-refractivity contribution in [2.75, 3.05) is 18.9 Å². The van der Waals surface area contributed by atoms with Gasteiger partial charge in [0, 0.05) is 19.0 Å². The first-order valence-corrected chi connectivity index (χ1v) is 6.54. The zero-order valence-corrected chi connectivity index (χ0v) is 10.8. The summed E-state index contributed by atoms with van der Waals surface area (Å²) in [4.78, 5) is 12.5. The molecule has 0 spiro atoms. The highest BCUT2D eigenvalue weighted by Crippen LogP contribution is 2.27. The fraction of sp³-hybridized carbons (Fsp3) is 0.538. The number of aromatic nitrogens is 3. The molecule has 3 rings (SSSR count). The Hall–Kier alpha value is -1.62. The molecule has 0 radical (unpaired) electrons. The molecule has 2 atom stereocenters. The van der Waals surface area contributed by atoms with E-state index in [1.54, 1.807) is 0 Å². The molecule has 2 unspecified atom stereocenters. The lowest BCUT2D eigenvalue weighted by atomic mass is 9.93. The second-order valence-electron chi connectivity index (χ2n) is 5.02. The lowest BCUT2D eigenvalue weighted by molar-refractivity contribution is 0.373. The van der Waals surface area contributed by atoms with E-state index in [0.29, 0.717) is 12.0 Å². The summed E-state index contributed by atoms with van der Waals surface area (Å²) < 4.78 is 0. The van der Waals surface area contributed by atoms with Crippen molar-refractivity contribution >= 4 is 17.0 Å². The molecule has 1 aliphatic heterocycles. The summed E-state index contributed by atoms with van der Waals surface area (Å²) in [6.07, 6.45) is 2.28. The fourth-order valence-corrected chi connectivity index (χ4v) is 2.62. The molecule has 3 N–H and O–H groups in total. The average Bonchev–Trinajstić information content (AvgIpc) is 2.81. The summed E-state index contributed by atoms with van der Waals surface area (Å²) in [5.74, 6) is 2.46. The summed E-state index contributed by atoms with van der Waals surface area (Å²) in [6, 6.07) is 4.57. The minimum absolute atomic E-state index is 0.522. The second kappa shape index (κ2) is 4.57. The maximum atomic E-state index is 4.64. The molecular weight excluding hydrogens is 226 g/mol. The second-order valence-corrected chi connectivity index (χ2v) is 5.02. The number of rotatable bonds is 2. The number of H-pyrrole nitrogens is 1. The SMILES string of the molecule is CNc1ccc2[nH]c(C3CCNC(C)C3)nc2n1. The van der Waals surface area contributed by atoms with Gasteiger partial charge in [-0.3, -0.25) is 0 Å². The van der Waals surface area contributed by atoms with E-state index in [9.17, 15) is 0 Å². The molecule has 5 heteroatoms.